The number of halogens is 3. The van der Waals surface area contributed by atoms with E-state index in [0.717, 1.165) is 28.0 Å². The number of hydrazine groups is 1. The molecule has 3 amide bonds. The summed E-state index contributed by atoms with van der Waals surface area (Å²) in [6, 6.07) is 12.6. The largest absolute Gasteiger partial charge is 0.443 e. The monoisotopic (exact) mass is 460 g/mol. The predicted octanol–water partition coefficient (Wildman–Crippen LogP) is 5.73. The van der Waals surface area contributed by atoms with E-state index in [-0.39, 0.29) is 6.54 Å². The van der Waals surface area contributed by atoms with Crippen molar-refractivity contribution in [2.24, 2.45) is 0 Å². The van der Waals surface area contributed by atoms with Gasteiger partial charge in [0.25, 0.3) is 0 Å². The van der Waals surface area contributed by atoms with Crippen molar-refractivity contribution >= 4 is 28.7 Å². The fourth-order valence-corrected chi connectivity index (χ4v) is 2.89. The number of para-hydroxylation sites is 1. The highest BCUT2D eigenvalue weighted by Gasteiger charge is 2.30. The highest BCUT2D eigenvalue weighted by atomic mass is 19.4. The van der Waals surface area contributed by atoms with E-state index in [4.69, 9.17) is 4.74 Å². The normalized spacial score (nSPS) is 11.7. The molecule has 0 saturated carbocycles. The quantitative estimate of drug-likeness (QED) is 0.489. The lowest BCUT2D eigenvalue weighted by Crippen LogP contribution is -2.49. The molecule has 3 rings (SSSR count). The van der Waals surface area contributed by atoms with Gasteiger partial charge in [-0.3, -0.25) is 4.98 Å². The van der Waals surface area contributed by atoms with Crippen molar-refractivity contribution in [1.29, 1.82) is 0 Å². The predicted molar refractivity (Wildman–Crippen MR) is 117 cm³/mol. The molecule has 2 N–H and O–H groups in total. The third-order valence-corrected chi connectivity index (χ3v) is 4.33. The first-order valence-electron chi connectivity index (χ1n) is 10.00. The van der Waals surface area contributed by atoms with E-state index in [1.165, 1.54) is 18.3 Å². The number of alkyl halides is 3. The molecule has 3 aromatic rings. The summed E-state index contributed by atoms with van der Waals surface area (Å²) < 4.78 is 43.7. The molecule has 174 valence electrons. The van der Waals surface area contributed by atoms with E-state index in [2.05, 4.69) is 15.7 Å². The lowest BCUT2D eigenvalue weighted by atomic mass is 10.1. The number of nitrogens with zero attached hydrogens (tertiary/aromatic N) is 2. The number of anilines is 1. The number of urea groups is 1. The zero-order chi connectivity index (χ0) is 24.2. The fourth-order valence-electron chi connectivity index (χ4n) is 2.89. The first-order chi connectivity index (χ1) is 15.4. The van der Waals surface area contributed by atoms with Crippen LogP contribution in [0.1, 0.15) is 31.9 Å². The summed E-state index contributed by atoms with van der Waals surface area (Å²) in [6.45, 7) is 4.78. The molecule has 0 bridgehead atoms. The van der Waals surface area contributed by atoms with Crippen molar-refractivity contribution in [1.82, 2.24) is 15.4 Å². The number of carbonyl (C=O) groups is 2. The summed E-state index contributed by atoms with van der Waals surface area (Å²) in [6.07, 6.45) is -3.90. The first kappa shape index (κ1) is 23.8. The Morgan fingerprint density at radius 2 is 1.70 bits per heavy atom. The molecule has 10 heteroatoms. The molecule has 0 spiro atoms. The number of aromatic nitrogens is 1. The SMILES string of the molecule is CC(C)(C)OC(=O)NN(Cc1ccc(C(F)(F)F)cc1)C(=O)Nc1cnc2ccccc2c1. The van der Waals surface area contributed by atoms with Crippen molar-refractivity contribution < 1.29 is 27.5 Å². The van der Waals surface area contributed by atoms with Crippen LogP contribution in [-0.4, -0.2) is 27.7 Å². The van der Waals surface area contributed by atoms with Crippen molar-refractivity contribution in [3.8, 4) is 0 Å². The van der Waals surface area contributed by atoms with Gasteiger partial charge in [-0.25, -0.2) is 20.0 Å². The average molecular weight is 460 g/mol. The number of hydrogen-bond acceptors (Lipinski definition) is 4. The van der Waals surface area contributed by atoms with Crippen LogP contribution < -0.4 is 10.7 Å². The van der Waals surface area contributed by atoms with Crippen LogP contribution in [0, 0.1) is 0 Å². The Morgan fingerprint density at radius 3 is 2.33 bits per heavy atom. The molecule has 0 saturated heterocycles. The molecule has 2 aromatic carbocycles. The van der Waals surface area contributed by atoms with Gasteiger partial charge in [-0.2, -0.15) is 13.2 Å². The van der Waals surface area contributed by atoms with Crippen molar-refractivity contribution in [3.63, 3.8) is 0 Å². The van der Waals surface area contributed by atoms with Crippen molar-refractivity contribution in [2.45, 2.75) is 39.1 Å². The summed E-state index contributed by atoms with van der Waals surface area (Å²) >= 11 is 0. The number of ether oxygens (including phenoxy) is 1. The van der Waals surface area contributed by atoms with E-state index in [1.54, 1.807) is 26.8 Å². The highest BCUT2D eigenvalue weighted by Crippen LogP contribution is 2.29. The van der Waals surface area contributed by atoms with Crippen LogP contribution >= 0.6 is 0 Å². The Bertz CT molecular complexity index is 1140. The Hall–Kier alpha value is -3.82. The zero-order valence-corrected chi connectivity index (χ0v) is 18.2. The second-order valence-electron chi connectivity index (χ2n) is 8.24. The van der Waals surface area contributed by atoms with E-state index in [0.29, 0.717) is 11.3 Å². The Labute approximate surface area is 188 Å². The maximum absolute atomic E-state index is 12.9. The summed E-state index contributed by atoms with van der Waals surface area (Å²) in [4.78, 5) is 29.4. The van der Waals surface area contributed by atoms with Crippen molar-refractivity contribution in [3.05, 3.63) is 71.9 Å². The summed E-state index contributed by atoms with van der Waals surface area (Å²) in [5, 5.41) is 4.35. The third kappa shape index (κ3) is 6.83. The molecule has 33 heavy (non-hydrogen) atoms. The molecule has 0 atom stereocenters. The van der Waals surface area contributed by atoms with Gasteiger partial charge in [0.1, 0.15) is 5.60 Å². The average Bonchev–Trinajstić information content (AvgIpc) is 2.71. The van der Waals surface area contributed by atoms with Gasteiger partial charge in [-0.05, 0) is 50.6 Å². The van der Waals surface area contributed by atoms with E-state index >= 15 is 0 Å². The van der Waals surface area contributed by atoms with Crippen LogP contribution in [-0.2, 0) is 17.5 Å². The van der Waals surface area contributed by atoms with Gasteiger partial charge < -0.3 is 10.1 Å². The third-order valence-electron chi connectivity index (χ3n) is 4.33. The second kappa shape index (κ2) is 9.35. The number of amides is 3. The van der Waals surface area contributed by atoms with Crippen LogP contribution in [0.4, 0.5) is 28.4 Å². The lowest BCUT2D eigenvalue weighted by Gasteiger charge is -2.26. The highest BCUT2D eigenvalue weighted by molar-refractivity contribution is 5.92. The van der Waals surface area contributed by atoms with Crippen LogP contribution in [0.5, 0.6) is 0 Å². The molecule has 0 aliphatic rings. The maximum Gasteiger partial charge on any atom is 0.426 e. The first-order valence-corrected chi connectivity index (χ1v) is 10.00. The Kier molecular flexibility index (Phi) is 6.75. The van der Waals surface area contributed by atoms with Crippen LogP contribution in [0.2, 0.25) is 0 Å². The number of pyridine rings is 1. The number of carbonyl (C=O) groups excluding carboxylic acids is 2. The topological polar surface area (TPSA) is 83.6 Å². The molecule has 0 aliphatic heterocycles. The summed E-state index contributed by atoms with van der Waals surface area (Å²) in [7, 11) is 0. The van der Waals surface area contributed by atoms with Gasteiger partial charge in [0.05, 0.1) is 29.5 Å². The van der Waals surface area contributed by atoms with E-state index in [1.807, 2.05) is 24.3 Å². The molecular weight excluding hydrogens is 437 g/mol. The van der Waals surface area contributed by atoms with Gasteiger partial charge in [-0.15, -0.1) is 0 Å². The lowest BCUT2D eigenvalue weighted by molar-refractivity contribution is -0.137. The van der Waals surface area contributed by atoms with Gasteiger partial charge in [0.2, 0.25) is 0 Å². The smallest absolute Gasteiger partial charge is 0.426 e. The van der Waals surface area contributed by atoms with Gasteiger partial charge in [-0.1, -0.05) is 30.3 Å². The molecule has 1 heterocycles. The molecular formula is C23H23F3N4O3. The molecule has 0 unspecified atom stereocenters. The number of fused-ring (bicyclic) bond motifs is 1. The minimum Gasteiger partial charge on any atom is -0.443 e. The molecule has 7 nitrogen and oxygen atoms in total. The van der Waals surface area contributed by atoms with Crippen molar-refractivity contribution in [2.75, 3.05) is 5.32 Å². The second-order valence-corrected chi connectivity index (χ2v) is 8.24. The number of hydrogen-bond donors (Lipinski definition) is 2. The molecule has 1 aromatic heterocycles. The standard InChI is InChI=1S/C23H23F3N4O3/c1-22(2,3)33-21(32)29-30(14-15-8-10-17(11-9-15)23(24,25)26)20(31)28-18-12-16-6-4-5-7-19(16)27-13-18/h4-13H,14H2,1-3H3,(H,28,31)(H,29,32). The summed E-state index contributed by atoms with van der Waals surface area (Å²) in [5.41, 5.74) is 2.19. The molecule has 0 fully saturated rings. The summed E-state index contributed by atoms with van der Waals surface area (Å²) in [5.74, 6) is 0. The zero-order valence-electron chi connectivity index (χ0n) is 18.2. The van der Waals surface area contributed by atoms with E-state index < -0.39 is 29.5 Å². The van der Waals surface area contributed by atoms with E-state index in [9.17, 15) is 22.8 Å². The van der Waals surface area contributed by atoms with Crippen LogP contribution in [0.3, 0.4) is 0 Å². The number of nitrogens with one attached hydrogen (secondary N) is 2. The minimum absolute atomic E-state index is 0.204. The molecule has 0 aliphatic carbocycles. The Balaban J connectivity index is 1.80. The van der Waals surface area contributed by atoms with Gasteiger partial charge >= 0.3 is 18.3 Å². The minimum atomic E-state index is -4.48. The number of benzene rings is 2. The van der Waals surface area contributed by atoms with Crippen LogP contribution in [0.15, 0.2) is 60.8 Å². The molecule has 0 radical (unpaired) electrons. The van der Waals surface area contributed by atoms with Gasteiger partial charge in [0.15, 0.2) is 0 Å². The fraction of sp³-hybridized carbons (Fsp3) is 0.261. The van der Waals surface area contributed by atoms with Crippen LogP contribution in [0.25, 0.3) is 10.9 Å². The number of rotatable bonds is 3. The Morgan fingerprint density at radius 1 is 1.03 bits per heavy atom. The maximum atomic E-state index is 12.9. The van der Waals surface area contributed by atoms with Gasteiger partial charge in [0, 0.05) is 5.39 Å².